The van der Waals surface area contributed by atoms with E-state index in [2.05, 4.69) is 5.10 Å². The second-order valence-electron chi connectivity index (χ2n) is 7.98. The lowest BCUT2D eigenvalue weighted by Gasteiger charge is -2.34. The number of hydrogen-bond acceptors (Lipinski definition) is 3. The number of hydrogen-bond donors (Lipinski definition) is 0. The molecule has 8 heteroatoms. The first-order chi connectivity index (χ1) is 13.6. The summed E-state index contributed by atoms with van der Waals surface area (Å²) in [6.07, 6.45) is -2.02. The molecule has 3 rings (SSSR count). The number of benzene rings is 1. The van der Waals surface area contributed by atoms with Crippen molar-refractivity contribution in [3.05, 3.63) is 41.6 Å². The predicted octanol–water partition coefficient (Wildman–Crippen LogP) is 4.49. The molecule has 1 heterocycles. The van der Waals surface area contributed by atoms with Crippen LogP contribution in [-0.4, -0.2) is 40.7 Å². The number of aromatic nitrogens is 2. The number of anilines is 1. The van der Waals surface area contributed by atoms with Crippen LogP contribution in [0.3, 0.4) is 0 Å². The number of halogens is 3. The highest BCUT2D eigenvalue weighted by atomic mass is 19.4. The third-order valence-corrected chi connectivity index (χ3v) is 5.34. The third kappa shape index (κ3) is 4.26. The van der Waals surface area contributed by atoms with E-state index in [1.165, 1.54) is 4.68 Å². The molecule has 1 saturated carbocycles. The average molecular weight is 408 g/mol. The zero-order chi connectivity index (χ0) is 21.3. The lowest BCUT2D eigenvalue weighted by Crippen LogP contribution is -2.42. The van der Waals surface area contributed by atoms with Crippen LogP contribution in [0.4, 0.5) is 19.0 Å². The molecule has 0 atom stereocenters. The Morgan fingerprint density at radius 1 is 1.21 bits per heavy atom. The second kappa shape index (κ2) is 8.08. The molecule has 1 aliphatic carbocycles. The summed E-state index contributed by atoms with van der Waals surface area (Å²) in [4.78, 5) is 16.1. The largest absolute Gasteiger partial charge is 0.435 e. The fourth-order valence-corrected chi connectivity index (χ4v) is 3.60. The maximum absolute atomic E-state index is 13.9. The molecule has 1 aromatic carbocycles. The van der Waals surface area contributed by atoms with Gasteiger partial charge in [-0.25, -0.2) is 4.68 Å². The highest BCUT2D eigenvalue weighted by Gasteiger charge is 2.41. The van der Waals surface area contributed by atoms with Gasteiger partial charge in [-0.15, -0.1) is 0 Å². The fraction of sp³-hybridized carbons (Fsp3) is 0.524. The molecule has 0 saturated heterocycles. The van der Waals surface area contributed by atoms with Crippen molar-refractivity contribution in [1.29, 1.82) is 0 Å². The quantitative estimate of drug-likeness (QED) is 0.707. The van der Waals surface area contributed by atoms with E-state index in [0.717, 1.165) is 19.3 Å². The normalized spacial score (nSPS) is 14.8. The van der Waals surface area contributed by atoms with Crippen molar-refractivity contribution < 1.29 is 18.0 Å². The summed E-state index contributed by atoms with van der Waals surface area (Å²) >= 11 is 0. The zero-order valence-corrected chi connectivity index (χ0v) is 17.2. The van der Waals surface area contributed by atoms with Crippen LogP contribution in [0.15, 0.2) is 30.3 Å². The predicted molar refractivity (Wildman–Crippen MR) is 106 cm³/mol. The minimum absolute atomic E-state index is 0.0210. The minimum atomic E-state index is -4.62. The Balaban J connectivity index is 2.12. The second-order valence-corrected chi connectivity index (χ2v) is 7.98. The van der Waals surface area contributed by atoms with Gasteiger partial charge in [0.25, 0.3) is 0 Å². The molecule has 1 aliphatic rings. The van der Waals surface area contributed by atoms with Crippen molar-refractivity contribution in [2.45, 2.75) is 51.9 Å². The number of nitrogens with zero attached hydrogens (tertiary/aromatic N) is 4. The highest BCUT2D eigenvalue weighted by Crippen LogP contribution is 2.38. The van der Waals surface area contributed by atoms with Gasteiger partial charge >= 0.3 is 6.18 Å². The number of carbonyl (C=O) groups is 1. The molecule has 1 fully saturated rings. The Morgan fingerprint density at radius 2 is 1.83 bits per heavy atom. The first-order valence-corrected chi connectivity index (χ1v) is 9.83. The van der Waals surface area contributed by atoms with Crippen molar-refractivity contribution in [3.63, 3.8) is 0 Å². The van der Waals surface area contributed by atoms with Gasteiger partial charge in [-0.2, -0.15) is 18.3 Å². The molecule has 0 N–H and O–H groups in total. The maximum atomic E-state index is 13.9. The topological polar surface area (TPSA) is 41.4 Å². The van der Waals surface area contributed by atoms with E-state index >= 15 is 0 Å². The van der Waals surface area contributed by atoms with Crippen molar-refractivity contribution in [3.8, 4) is 5.69 Å². The van der Waals surface area contributed by atoms with E-state index in [0.29, 0.717) is 11.5 Å². The fourth-order valence-electron chi connectivity index (χ4n) is 3.60. The molecule has 2 aromatic rings. The number of alkyl halides is 3. The Labute approximate surface area is 169 Å². The summed E-state index contributed by atoms with van der Waals surface area (Å²) in [6.45, 7) is 3.55. The average Bonchev–Trinajstić information content (AvgIpc) is 2.98. The molecule has 0 aliphatic heterocycles. The van der Waals surface area contributed by atoms with E-state index < -0.39 is 11.9 Å². The van der Waals surface area contributed by atoms with Gasteiger partial charge in [-0.05, 0) is 38.8 Å². The van der Waals surface area contributed by atoms with Gasteiger partial charge in [0.1, 0.15) is 5.82 Å². The molecule has 5 nitrogen and oxygen atoms in total. The molecule has 0 unspecified atom stereocenters. The number of amides is 1. The Hall–Kier alpha value is -2.51. The van der Waals surface area contributed by atoms with Crippen molar-refractivity contribution in [2.75, 3.05) is 19.0 Å². The minimum Gasteiger partial charge on any atom is -0.362 e. The first-order valence-electron chi connectivity index (χ1n) is 9.83. The summed E-state index contributed by atoms with van der Waals surface area (Å²) in [7, 11) is 3.38. The zero-order valence-electron chi connectivity index (χ0n) is 17.2. The van der Waals surface area contributed by atoms with Crippen LogP contribution in [0.25, 0.3) is 5.69 Å². The van der Waals surface area contributed by atoms with E-state index in [-0.39, 0.29) is 30.0 Å². The number of para-hydroxylation sites is 1. The summed E-state index contributed by atoms with van der Waals surface area (Å²) in [5.41, 5.74) is -0.390. The molecular weight excluding hydrogens is 381 g/mol. The molecule has 1 aromatic heterocycles. The van der Waals surface area contributed by atoms with Gasteiger partial charge in [-0.3, -0.25) is 4.79 Å². The molecule has 29 heavy (non-hydrogen) atoms. The molecule has 0 radical (unpaired) electrons. The smallest absolute Gasteiger partial charge is 0.362 e. The summed E-state index contributed by atoms with van der Waals surface area (Å²) in [6, 6.07) is 8.52. The Bertz CT molecular complexity index is 855. The van der Waals surface area contributed by atoms with Gasteiger partial charge in [0.15, 0.2) is 5.69 Å². The number of rotatable bonds is 6. The van der Waals surface area contributed by atoms with Crippen molar-refractivity contribution in [1.82, 2.24) is 14.7 Å². The van der Waals surface area contributed by atoms with Gasteiger partial charge in [0, 0.05) is 31.6 Å². The molecule has 0 spiro atoms. The lowest BCUT2D eigenvalue weighted by molar-refractivity contribution is -0.145. The van der Waals surface area contributed by atoms with E-state index in [1.54, 1.807) is 54.2 Å². The van der Waals surface area contributed by atoms with Gasteiger partial charge in [-0.1, -0.05) is 24.6 Å². The summed E-state index contributed by atoms with van der Waals surface area (Å²) in [5.74, 6) is 0.172. The third-order valence-electron chi connectivity index (χ3n) is 5.34. The van der Waals surface area contributed by atoms with Gasteiger partial charge in [0.2, 0.25) is 5.91 Å². The van der Waals surface area contributed by atoms with Crippen LogP contribution in [0, 0.1) is 5.92 Å². The maximum Gasteiger partial charge on any atom is 0.435 e. The first kappa shape index (κ1) is 21.2. The van der Waals surface area contributed by atoms with Crippen LogP contribution in [0.1, 0.15) is 44.4 Å². The lowest BCUT2D eigenvalue weighted by atomic mass is 9.84. The van der Waals surface area contributed by atoms with Crippen LogP contribution >= 0.6 is 0 Å². The highest BCUT2D eigenvalue weighted by molar-refractivity contribution is 5.80. The van der Waals surface area contributed by atoms with E-state index in [9.17, 15) is 18.0 Å². The van der Waals surface area contributed by atoms with Crippen LogP contribution < -0.4 is 4.90 Å². The Morgan fingerprint density at radius 3 is 2.28 bits per heavy atom. The SMILES string of the molecule is CC(C)N(Cc1c(C(F)(F)F)nn(-c2ccccc2)c1N(C)C)C(=O)C1CCC1. The molecule has 1 amide bonds. The van der Waals surface area contributed by atoms with Crippen LogP contribution in [0.2, 0.25) is 0 Å². The standard InChI is InChI=1S/C21H27F3N4O/c1-14(2)27(20(29)15-9-8-10-15)13-17-18(21(22,23)24)25-28(19(17)26(3)4)16-11-6-5-7-12-16/h5-7,11-12,14-15H,8-10,13H2,1-4H3. The monoisotopic (exact) mass is 408 g/mol. The van der Waals surface area contributed by atoms with Gasteiger partial charge < -0.3 is 9.80 Å². The molecular formula is C21H27F3N4O. The summed E-state index contributed by atoms with van der Waals surface area (Å²) in [5, 5.41) is 3.94. The van der Waals surface area contributed by atoms with Crippen LogP contribution in [0.5, 0.6) is 0 Å². The summed E-state index contributed by atoms with van der Waals surface area (Å²) < 4.78 is 43.0. The Kier molecular flexibility index (Phi) is 5.91. The van der Waals surface area contributed by atoms with Crippen molar-refractivity contribution >= 4 is 11.7 Å². The van der Waals surface area contributed by atoms with Gasteiger partial charge in [0.05, 0.1) is 12.2 Å². The molecule has 0 bridgehead atoms. The van der Waals surface area contributed by atoms with E-state index in [4.69, 9.17) is 0 Å². The number of carbonyl (C=O) groups excluding carboxylic acids is 1. The van der Waals surface area contributed by atoms with E-state index in [1.807, 2.05) is 13.8 Å². The van der Waals surface area contributed by atoms with Crippen molar-refractivity contribution in [2.24, 2.45) is 5.92 Å². The molecule has 158 valence electrons. The van der Waals surface area contributed by atoms with Crippen LogP contribution in [-0.2, 0) is 17.5 Å².